The van der Waals surface area contributed by atoms with Crippen molar-refractivity contribution in [1.82, 2.24) is 4.90 Å². The Hall–Kier alpha value is -2.15. The second-order valence-corrected chi connectivity index (χ2v) is 4.99. The standard InChI is InChI=1S/C13H16ClN5O2/c1-15-12(18-8-2-3-9-18)13(19(20)21)17-16-11-6-4-10(14)5-7-11/h4-7,16H,2-3,8-9H2,1H3/b15-12?,17-13-. The number of aliphatic imine (C=N–C) groups is 1. The summed E-state index contributed by atoms with van der Waals surface area (Å²) in [6, 6.07) is 6.76. The molecule has 1 aromatic rings. The van der Waals surface area contributed by atoms with Crippen LogP contribution < -0.4 is 5.43 Å². The number of rotatable bonds is 2. The van der Waals surface area contributed by atoms with E-state index in [9.17, 15) is 10.1 Å². The van der Waals surface area contributed by atoms with Gasteiger partial charge in [0.15, 0.2) is 0 Å². The minimum Gasteiger partial charge on any atom is -0.358 e. The number of likely N-dealkylation sites (tertiary alicyclic amines) is 1. The fourth-order valence-corrected chi connectivity index (χ4v) is 2.25. The molecule has 8 heteroatoms. The average Bonchev–Trinajstić information content (AvgIpc) is 2.98. The third-order valence-electron chi connectivity index (χ3n) is 3.13. The van der Waals surface area contributed by atoms with Crippen molar-refractivity contribution in [2.75, 3.05) is 25.6 Å². The van der Waals surface area contributed by atoms with Crippen molar-refractivity contribution in [2.45, 2.75) is 12.8 Å². The Kier molecular flexibility index (Phi) is 5.10. The summed E-state index contributed by atoms with van der Waals surface area (Å²) in [5, 5.41) is 15.7. The summed E-state index contributed by atoms with van der Waals surface area (Å²) in [6.07, 6.45) is 2.02. The highest BCUT2D eigenvalue weighted by Crippen LogP contribution is 2.14. The molecule has 0 atom stereocenters. The van der Waals surface area contributed by atoms with Crippen LogP contribution in [0.15, 0.2) is 34.4 Å². The number of benzene rings is 1. The number of hydrogen-bond donors (Lipinski definition) is 1. The summed E-state index contributed by atoms with van der Waals surface area (Å²) < 4.78 is 0. The summed E-state index contributed by atoms with van der Waals surface area (Å²) in [5.41, 5.74) is 3.29. The van der Waals surface area contributed by atoms with Gasteiger partial charge in [-0.05, 0) is 42.0 Å². The predicted octanol–water partition coefficient (Wildman–Crippen LogP) is 2.47. The molecule has 1 N–H and O–H groups in total. The molecular formula is C13H16ClN5O2. The van der Waals surface area contributed by atoms with Gasteiger partial charge in [0.05, 0.1) is 10.8 Å². The zero-order chi connectivity index (χ0) is 15.2. The molecule has 0 amide bonds. The van der Waals surface area contributed by atoms with Crippen LogP contribution in [-0.2, 0) is 0 Å². The molecule has 7 nitrogen and oxygen atoms in total. The van der Waals surface area contributed by atoms with Gasteiger partial charge in [0, 0.05) is 25.2 Å². The lowest BCUT2D eigenvalue weighted by atomic mass is 10.3. The predicted molar refractivity (Wildman–Crippen MR) is 83.7 cm³/mol. The van der Waals surface area contributed by atoms with Gasteiger partial charge < -0.3 is 15.0 Å². The third-order valence-corrected chi connectivity index (χ3v) is 3.38. The first-order valence-electron chi connectivity index (χ1n) is 6.57. The highest BCUT2D eigenvalue weighted by atomic mass is 35.5. The fraction of sp³-hybridized carbons (Fsp3) is 0.385. The SMILES string of the molecule is CN=C(/C(=N/Nc1ccc(Cl)cc1)[N+](=O)[O-])N1CCCC1. The molecule has 1 aliphatic rings. The molecule has 1 aromatic carbocycles. The Balaban J connectivity index is 2.19. The Morgan fingerprint density at radius 1 is 1.33 bits per heavy atom. The van der Waals surface area contributed by atoms with E-state index in [2.05, 4.69) is 15.5 Å². The Bertz CT molecular complexity index is 564. The zero-order valence-electron chi connectivity index (χ0n) is 11.6. The van der Waals surface area contributed by atoms with Crippen LogP contribution in [0.3, 0.4) is 0 Å². The zero-order valence-corrected chi connectivity index (χ0v) is 12.4. The highest BCUT2D eigenvalue weighted by Gasteiger charge is 2.29. The topological polar surface area (TPSA) is 83.1 Å². The van der Waals surface area contributed by atoms with Gasteiger partial charge in [-0.2, -0.15) is 5.43 Å². The molecule has 0 unspecified atom stereocenters. The van der Waals surface area contributed by atoms with Crippen LogP contribution in [-0.4, -0.2) is 41.6 Å². The fourth-order valence-electron chi connectivity index (χ4n) is 2.13. The van der Waals surface area contributed by atoms with Crippen molar-refractivity contribution < 1.29 is 4.92 Å². The number of hydrazone groups is 1. The molecule has 0 aliphatic carbocycles. The summed E-state index contributed by atoms with van der Waals surface area (Å²) in [4.78, 5) is 16.6. The lowest BCUT2D eigenvalue weighted by Gasteiger charge is -2.16. The van der Waals surface area contributed by atoms with Crippen LogP contribution in [0.25, 0.3) is 0 Å². The lowest BCUT2D eigenvalue weighted by Crippen LogP contribution is -2.38. The minimum atomic E-state index is -0.524. The summed E-state index contributed by atoms with van der Waals surface area (Å²) >= 11 is 5.79. The van der Waals surface area contributed by atoms with Gasteiger partial charge in [-0.25, -0.2) is 0 Å². The largest absolute Gasteiger partial charge is 0.430 e. The van der Waals surface area contributed by atoms with Crippen LogP contribution in [0.1, 0.15) is 12.8 Å². The molecule has 21 heavy (non-hydrogen) atoms. The summed E-state index contributed by atoms with van der Waals surface area (Å²) in [7, 11) is 1.54. The lowest BCUT2D eigenvalue weighted by molar-refractivity contribution is -0.346. The molecule has 2 rings (SSSR count). The minimum absolute atomic E-state index is 0.283. The maximum absolute atomic E-state index is 11.2. The van der Waals surface area contributed by atoms with E-state index in [-0.39, 0.29) is 5.84 Å². The van der Waals surface area contributed by atoms with Crippen LogP contribution >= 0.6 is 11.6 Å². The van der Waals surface area contributed by atoms with Crippen molar-refractivity contribution in [3.63, 3.8) is 0 Å². The van der Waals surface area contributed by atoms with Crippen molar-refractivity contribution >= 4 is 29.0 Å². The molecular weight excluding hydrogens is 294 g/mol. The Morgan fingerprint density at radius 3 is 2.48 bits per heavy atom. The number of amidine groups is 2. The van der Waals surface area contributed by atoms with Gasteiger partial charge in [-0.3, -0.25) is 4.99 Å². The molecule has 112 valence electrons. The number of nitro groups is 1. The number of nitrogens with zero attached hydrogens (tertiary/aromatic N) is 4. The van der Waals surface area contributed by atoms with E-state index in [0.717, 1.165) is 25.9 Å². The van der Waals surface area contributed by atoms with Crippen LogP contribution in [0.2, 0.25) is 5.02 Å². The van der Waals surface area contributed by atoms with E-state index < -0.39 is 4.92 Å². The molecule has 1 aliphatic heterocycles. The molecule has 0 aromatic heterocycles. The van der Waals surface area contributed by atoms with Gasteiger partial charge in [0.1, 0.15) is 0 Å². The van der Waals surface area contributed by atoms with Crippen molar-refractivity contribution in [3.8, 4) is 0 Å². The normalized spacial score (nSPS) is 16.2. The van der Waals surface area contributed by atoms with Gasteiger partial charge in [0.25, 0.3) is 0 Å². The monoisotopic (exact) mass is 309 g/mol. The second kappa shape index (κ2) is 7.03. The number of nitrogens with one attached hydrogen (secondary N) is 1. The summed E-state index contributed by atoms with van der Waals surface area (Å²) in [6.45, 7) is 1.53. The van der Waals surface area contributed by atoms with E-state index in [1.54, 1.807) is 24.3 Å². The quantitative estimate of drug-likeness (QED) is 0.394. The van der Waals surface area contributed by atoms with Crippen molar-refractivity contribution in [2.24, 2.45) is 10.1 Å². The molecule has 0 saturated carbocycles. The first-order valence-corrected chi connectivity index (χ1v) is 6.95. The first-order chi connectivity index (χ1) is 10.1. The Labute approximate surface area is 127 Å². The van der Waals surface area contributed by atoms with Gasteiger partial charge >= 0.3 is 5.84 Å². The first kappa shape index (κ1) is 15.2. The number of anilines is 1. The maximum atomic E-state index is 11.2. The molecule has 1 heterocycles. The van der Waals surface area contributed by atoms with E-state index in [0.29, 0.717) is 16.5 Å². The smallest absolute Gasteiger partial charge is 0.358 e. The van der Waals surface area contributed by atoms with Crippen LogP contribution in [0.4, 0.5) is 5.69 Å². The number of hydrogen-bond acceptors (Lipinski definition) is 5. The molecule has 0 spiro atoms. The van der Waals surface area contributed by atoms with E-state index >= 15 is 0 Å². The van der Waals surface area contributed by atoms with Gasteiger partial charge in [-0.15, -0.1) is 0 Å². The Morgan fingerprint density at radius 2 is 1.95 bits per heavy atom. The molecule has 1 saturated heterocycles. The number of halogens is 1. The van der Waals surface area contributed by atoms with E-state index in [1.807, 2.05) is 4.90 Å². The van der Waals surface area contributed by atoms with Crippen LogP contribution in [0, 0.1) is 10.1 Å². The third kappa shape index (κ3) is 3.91. The van der Waals surface area contributed by atoms with Crippen molar-refractivity contribution in [1.29, 1.82) is 0 Å². The highest BCUT2D eigenvalue weighted by molar-refractivity contribution is 6.37. The maximum Gasteiger partial charge on any atom is 0.430 e. The second-order valence-electron chi connectivity index (χ2n) is 4.55. The van der Waals surface area contributed by atoms with Gasteiger partial charge in [-0.1, -0.05) is 11.6 Å². The van der Waals surface area contributed by atoms with Crippen LogP contribution in [0.5, 0.6) is 0 Å². The molecule has 0 radical (unpaired) electrons. The molecule has 1 fully saturated rings. The van der Waals surface area contributed by atoms with Crippen molar-refractivity contribution in [3.05, 3.63) is 39.4 Å². The summed E-state index contributed by atoms with van der Waals surface area (Å²) in [5.74, 6) is 0.0216. The average molecular weight is 310 g/mol. The molecule has 0 bridgehead atoms. The van der Waals surface area contributed by atoms with E-state index in [4.69, 9.17) is 11.6 Å². The van der Waals surface area contributed by atoms with E-state index in [1.165, 1.54) is 7.05 Å². The van der Waals surface area contributed by atoms with Gasteiger partial charge in [0.2, 0.25) is 5.84 Å².